The van der Waals surface area contributed by atoms with Crippen molar-refractivity contribution >= 4 is 46.0 Å². The molecule has 0 atom stereocenters. The number of allylic oxidation sites excluding steroid dienone is 2. The summed E-state index contributed by atoms with van der Waals surface area (Å²) in [6.07, 6.45) is 12.5. The minimum absolute atomic E-state index is 1.14. The molecular weight excluding hydrogens is 494 g/mol. The number of aromatic nitrogens is 1. The first-order valence-corrected chi connectivity index (χ1v) is 14.1. The minimum atomic E-state index is 1.14. The molecular formula is C40H33N. The second-order valence-corrected chi connectivity index (χ2v) is 10.2. The van der Waals surface area contributed by atoms with Crippen LogP contribution in [-0.4, -0.2) is 4.57 Å². The molecule has 0 saturated carbocycles. The number of para-hydroxylation sites is 1. The first kappa shape index (κ1) is 26.1. The molecule has 41 heavy (non-hydrogen) atoms. The van der Waals surface area contributed by atoms with Gasteiger partial charge in [0.25, 0.3) is 0 Å². The van der Waals surface area contributed by atoms with E-state index < -0.39 is 0 Å². The molecule has 0 amide bonds. The summed E-state index contributed by atoms with van der Waals surface area (Å²) >= 11 is 0. The molecule has 6 aromatic rings. The van der Waals surface area contributed by atoms with Crippen LogP contribution in [0.25, 0.3) is 73.9 Å². The Hall–Kier alpha value is -5.14. The molecule has 0 aliphatic rings. The van der Waals surface area contributed by atoms with E-state index >= 15 is 0 Å². The van der Waals surface area contributed by atoms with Gasteiger partial charge in [-0.3, -0.25) is 0 Å². The van der Waals surface area contributed by atoms with E-state index in [-0.39, 0.29) is 0 Å². The van der Waals surface area contributed by atoms with E-state index in [9.17, 15) is 0 Å². The highest BCUT2D eigenvalue weighted by atomic mass is 15.0. The van der Waals surface area contributed by atoms with Gasteiger partial charge in [0.05, 0.1) is 11.2 Å². The van der Waals surface area contributed by atoms with Crippen LogP contribution in [0.3, 0.4) is 0 Å². The van der Waals surface area contributed by atoms with Crippen LogP contribution in [0.4, 0.5) is 0 Å². The van der Waals surface area contributed by atoms with E-state index in [1.165, 1.54) is 49.5 Å². The normalized spacial score (nSPS) is 11.7. The van der Waals surface area contributed by atoms with Crippen LogP contribution < -0.4 is 0 Å². The molecule has 0 aliphatic carbocycles. The average Bonchev–Trinajstić information content (AvgIpc) is 3.33. The largest absolute Gasteiger partial charge is 0.309 e. The molecule has 1 aromatic heterocycles. The highest BCUT2D eigenvalue weighted by molar-refractivity contribution is 6.00. The second-order valence-electron chi connectivity index (χ2n) is 10.2. The van der Waals surface area contributed by atoms with Crippen LogP contribution in [0, 0.1) is 0 Å². The van der Waals surface area contributed by atoms with Crippen molar-refractivity contribution in [1.82, 2.24) is 4.57 Å². The Labute approximate surface area is 242 Å². The SMILES string of the molecule is C=Cc1c(-c2ccc(-c3ccc4c(c3)c(C=C)c(/C=C\C)n4-c3ccccc3)cc2)cc2ccccc2c1/C=C\C. The highest BCUT2D eigenvalue weighted by Crippen LogP contribution is 2.37. The molecule has 198 valence electrons. The standard InChI is InChI=1S/C40H33N/c1-5-14-36-33(7-3)37(27-31-16-12-13-19-35(31)36)29-22-20-28(21-23-29)30-24-25-40-38(26-30)34(8-4)39(15-6-2)41(40)32-17-10-9-11-18-32/h5-27H,3-4H2,1-2H3/b14-5-,15-6-. The zero-order valence-electron chi connectivity index (χ0n) is 23.6. The fourth-order valence-electron chi connectivity index (χ4n) is 5.95. The average molecular weight is 528 g/mol. The van der Waals surface area contributed by atoms with Gasteiger partial charge in [0.2, 0.25) is 0 Å². The van der Waals surface area contributed by atoms with Crippen LogP contribution in [0.1, 0.15) is 36.2 Å². The lowest BCUT2D eigenvalue weighted by Gasteiger charge is -2.15. The van der Waals surface area contributed by atoms with Crippen molar-refractivity contribution < 1.29 is 0 Å². The fourth-order valence-corrected chi connectivity index (χ4v) is 5.95. The number of benzene rings is 5. The molecule has 0 N–H and O–H groups in total. The number of fused-ring (bicyclic) bond motifs is 2. The summed E-state index contributed by atoms with van der Waals surface area (Å²) in [4.78, 5) is 0. The van der Waals surface area contributed by atoms with Gasteiger partial charge in [-0.05, 0) is 94.4 Å². The van der Waals surface area contributed by atoms with E-state index in [1.54, 1.807) is 0 Å². The number of nitrogens with zero attached hydrogens (tertiary/aromatic N) is 1. The number of hydrogen-bond acceptors (Lipinski definition) is 0. The van der Waals surface area contributed by atoms with E-state index in [4.69, 9.17) is 0 Å². The topological polar surface area (TPSA) is 4.93 Å². The van der Waals surface area contributed by atoms with Gasteiger partial charge >= 0.3 is 0 Å². The van der Waals surface area contributed by atoms with Gasteiger partial charge in [-0.1, -0.05) is 116 Å². The summed E-state index contributed by atoms with van der Waals surface area (Å²) in [5.74, 6) is 0. The molecule has 6 rings (SSSR count). The summed E-state index contributed by atoms with van der Waals surface area (Å²) in [5, 5.41) is 3.66. The molecule has 5 aromatic carbocycles. The molecule has 0 aliphatic heterocycles. The first-order chi connectivity index (χ1) is 20.2. The Bertz CT molecular complexity index is 1960. The van der Waals surface area contributed by atoms with Crippen molar-refractivity contribution in [1.29, 1.82) is 0 Å². The zero-order valence-corrected chi connectivity index (χ0v) is 23.6. The molecule has 1 heteroatoms. The molecule has 0 radical (unpaired) electrons. The van der Waals surface area contributed by atoms with E-state index in [1.807, 2.05) is 12.2 Å². The number of hydrogen-bond donors (Lipinski definition) is 0. The Balaban J connectivity index is 1.47. The van der Waals surface area contributed by atoms with E-state index in [0.29, 0.717) is 0 Å². The smallest absolute Gasteiger partial charge is 0.0541 e. The van der Waals surface area contributed by atoms with E-state index in [2.05, 4.69) is 159 Å². The lowest BCUT2D eigenvalue weighted by molar-refractivity contribution is 1.10. The van der Waals surface area contributed by atoms with Crippen molar-refractivity contribution in [2.24, 2.45) is 0 Å². The van der Waals surface area contributed by atoms with Crippen LogP contribution in [0.5, 0.6) is 0 Å². The summed E-state index contributed by atoms with van der Waals surface area (Å²) in [6.45, 7) is 12.5. The molecule has 0 unspecified atom stereocenters. The van der Waals surface area contributed by atoms with Crippen molar-refractivity contribution in [3.63, 3.8) is 0 Å². The van der Waals surface area contributed by atoms with Crippen molar-refractivity contribution in [2.45, 2.75) is 13.8 Å². The van der Waals surface area contributed by atoms with Crippen LogP contribution in [-0.2, 0) is 0 Å². The minimum Gasteiger partial charge on any atom is -0.309 e. The highest BCUT2D eigenvalue weighted by Gasteiger charge is 2.16. The molecule has 0 saturated heterocycles. The predicted octanol–water partition coefficient (Wildman–Crippen LogP) is 11.5. The monoisotopic (exact) mass is 527 g/mol. The molecule has 0 spiro atoms. The Morgan fingerprint density at radius 1 is 0.561 bits per heavy atom. The third kappa shape index (κ3) is 4.56. The summed E-state index contributed by atoms with van der Waals surface area (Å²) in [6, 6.07) is 37.0. The third-order valence-electron chi connectivity index (χ3n) is 7.79. The molecule has 1 heterocycles. The maximum absolute atomic E-state index is 4.18. The van der Waals surface area contributed by atoms with Gasteiger partial charge in [0.1, 0.15) is 0 Å². The van der Waals surface area contributed by atoms with Gasteiger partial charge < -0.3 is 4.57 Å². The summed E-state index contributed by atoms with van der Waals surface area (Å²) in [5.41, 5.74) is 11.7. The molecule has 0 bridgehead atoms. The lowest BCUT2D eigenvalue weighted by Crippen LogP contribution is -1.96. The Morgan fingerprint density at radius 3 is 1.93 bits per heavy atom. The van der Waals surface area contributed by atoms with Crippen molar-refractivity contribution in [2.75, 3.05) is 0 Å². The van der Waals surface area contributed by atoms with Gasteiger partial charge in [-0.15, -0.1) is 0 Å². The third-order valence-corrected chi connectivity index (χ3v) is 7.79. The quantitative estimate of drug-likeness (QED) is 0.195. The maximum atomic E-state index is 4.18. The predicted molar refractivity (Wildman–Crippen MR) is 181 cm³/mol. The second kappa shape index (κ2) is 11.2. The van der Waals surface area contributed by atoms with Crippen molar-refractivity contribution in [3.8, 4) is 27.9 Å². The van der Waals surface area contributed by atoms with Gasteiger partial charge in [-0.25, -0.2) is 0 Å². The lowest BCUT2D eigenvalue weighted by atomic mass is 9.89. The van der Waals surface area contributed by atoms with Crippen LogP contribution in [0.2, 0.25) is 0 Å². The summed E-state index contributed by atoms with van der Waals surface area (Å²) < 4.78 is 2.32. The molecule has 0 fully saturated rings. The zero-order chi connectivity index (χ0) is 28.3. The van der Waals surface area contributed by atoms with Crippen LogP contribution >= 0.6 is 0 Å². The Kier molecular flexibility index (Phi) is 7.10. The maximum Gasteiger partial charge on any atom is 0.0541 e. The Morgan fingerprint density at radius 2 is 1.22 bits per heavy atom. The van der Waals surface area contributed by atoms with Crippen molar-refractivity contribution in [3.05, 3.63) is 151 Å². The van der Waals surface area contributed by atoms with Crippen LogP contribution in [0.15, 0.2) is 128 Å². The van der Waals surface area contributed by atoms with Gasteiger partial charge in [-0.2, -0.15) is 0 Å². The molecule has 1 nitrogen and oxygen atoms in total. The van der Waals surface area contributed by atoms with E-state index in [0.717, 1.165) is 22.5 Å². The fraction of sp³-hybridized carbons (Fsp3) is 0.0500. The number of rotatable bonds is 7. The summed E-state index contributed by atoms with van der Waals surface area (Å²) in [7, 11) is 0. The van der Waals surface area contributed by atoms with Gasteiger partial charge in [0, 0.05) is 16.6 Å². The van der Waals surface area contributed by atoms with Gasteiger partial charge in [0.15, 0.2) is 0 Å². The first-order valence-electron chi connectivity index (χ1n) is 14.1.